The lowest BCUT2D eigenvalue weighted by molar-refractivity contribution is -0.157. The minimum absolute atomic E-state index is 0.0495. The smallest absolute Gasteiger partial charge is 0.254 e. The Bertz CT molecular complexity index is 430. The molecule has 1 aliphatic rings. The summed E-state index contributed by atoms with van der Waals surface area (Å²) >= 11 is 0. The summed E-state index contributed by atoms with van der Waals surface area (Å²) in [7, 11) is 1.77. The monoisotopic (exact) mass is 264 g/mol. The van der Waals surface area contributed by atoms with Gasteiger partial charge < -0.3 is 20.1 Å². The second-order valence-electron chi connectivity index (χ2n) is 4.60. The molecule has 0 radical (unpaired) electrons. The maximum atomic E-state index is 12.2. The molecule has 0 spiro atoms. The van der Waals surface area contributed by atoms with Gasteiger partial charge in [0, 0.05) is 20.1 Å². The summed E-state index contributed by atoms with van der Waals surface area (Å²) < 4.78 is 10.7. The Labute approximate surface area is 113 Å². The van der Waals surface area contributed by atoms with Gasteiger partial charge in [0.15, 0.2) is 6.10 Å². The number of benzene rings is 1. The van der Waals surface area contributed by atoms with E-state index in [2.05, 4.69) is 0 Å². The quantitative estimate of drug-likeness (QED) is 0.861. The Morgan fingerprint density at radius 1 is 1.37 bits per heavy atom. The maximum absolute atomic E-state index is 12.2. The number of ether oxygens (including phenoxy) is 2. The third-order valence-corrected chi connectivity index (χ3v) is 3.21. The van der Waals surface area contributed by atoms with E-state index < -0.39 is 6.10 Å². The number of likely N-dealkylation sites (N-methyl/N-ethyl adjacent to an activating group) is 1. The van der Waals surface area contributed by atoms with Crippen LogP contribution in [-0.4, -0.2) is 43.8 Å². The first-order valence-electron chi connectivity index (χ1n) is 6.43. The van der Waals surface area contributed by atoms with Crippen LogP contribution in [0.3, 0.4) is 0 Å². The van der Waals surface area contributed by atoms with Crippen molar-refractivity contribution >= 4 is 5.91 Å². The summed E-state index contributed by atoms with van der Waals surface area (Å²) in [6.45, 7) is 2.38. The van der Waals surface area contributed by atoms with E-state index in [1.807, 2.05) is 24.3 Å². The lowest BCUT2D eigenvalue weighted by Gasteiger charge is -2.27. The fourth-order valence-electron chi connectivity index (χ4n) is 2.12. The first-order chi connectivity index (χ1) is 9.22. The summed E-state index contributed by atoms with van der Waals surface area (Å²) in [5, 5.41) is 0. The Hall–Kier alpha value is -1.43. The van der Waals surface area contributed by atoms with Gasteiger partial charge in [-0.05, 0) is 11.1 Å². The van der Waals surface area contributed by atoms with Crippen LogP contribution in [-0.2, 0) is 27.4 Å². The molecule has 1 unspecified atom stereocenters. The second kappa shape index (κ2) is 6.65. The number of amides is 1. The summed E-state index contributed by atoms with van der Waals surface area (Å²) in [6, 6.07) is 7.87. The van der Waals surface area contributed by atoms with E-state index in [1.165, 1.54) is 0 Å². The van der Waals surface area contributed by atoms with Gasteiger partial charge in [0.2, 0.25) is 0 Å². The van der Waals surface area contributed by atoms with Crippen molar-refractivity contribution in [2.45, 2.75) is 19.2 Å². The average molecular weight is 264 g/mol. The molecule has 1 aromatic rings. The van der Waals surface area contributed by atoms with Gasteiger partial charge in [-0.1, -0.05) is 24.3 Å². The topological polar surface area (TPSA) is 64.8 Å². The SMILES string of the molecule is CN(Cc1ccccc1CN)C(=O)C1COCCO1. The van der Waals surface area contributed by atoms with Crippen LogP contribution in [0, 0.1) is 0 Å². The van der Waals surface area contributed by atoms with Crippen molar-refractivity contribution in [1.29, 1.82) is 0 Å². The molecule has 1 saturated heterocycles. The van der Waals surface area contributed by atoms with Gasteiger partial charge in [0.05, 0.1) is 19.8 Å². The molecule has 5 nitrogen and oxygen atoms in total. The minimum atomic E-state index is -0.483. The van der Waals surface area contributed by atoms with Crippen molar-refractivity contribution in [3.05, 3.63) is 35.4 Å². The van der Waals surface area contributed by atoms with Crippen LogP contribution in [0.25, 0.3) is 0 Å². The van der Waals surface area contributed by atoms with Crippen LogP contribution >= 0.6 is 0 Å². The number of carbonyl (C=O) groups excluding carboxylic acids is 1. The number of carbonyl (C=O) groups is 1. The van der Waals surface area contributed by atoms with Gasteiger partial charge in [-0.25, -0.2) is 0 Å². The summed E-state index contributed by atoms with van der Waals surface area (Å²) in [6.07, 6.45) is -0.483. The fourth-order valence-corrected chi connectivity index (χ4v) is 2.12. The van der Waals surface area contributed by atoms with E-state index >= 15 is 0 Å². The molecule has 19 heavy (non-hydrogen) atoms. The minimum Gasteiger partial charge on any atom is -0.376 e. The fraction of sp³-hybridized carbons (Fsp3) is 0.500. The summed E-state index contributed by atoms with van der Waals surface area (Å²) in [4.78, 5) is 13.9. The van der Waals surface area contributed by atoms with Crippen LogP contribution in [0.2, 0.25) is 0 Å². The third-order valence-electron chi connectivity index (χ3n) is 3.21. The van der Waals surface area contributed by atoms with E-state index in [1.54, 1.807) is 11.9 Å². The van der Waals surface area contributed by atoms with Crippen molar-refractivity contribution in [1.82, 2.24) is 4.90 Å². The number of nitrogens with two attached hydrogens (primary N) is 1. The van der Waals surface area contributed by atoms with Crippen molar-refractivity contribution in [3.8, 4) is 0 Å². The molecule has 1 heterocycles. The lowest BCUT2D eigenvalue weighted by atomic mass is 10.1. The van der Waals surface area contributed by atoms with Crippen LogP contribution < -0.4 is 5.73 Å². The van der Waals surface area contributed by atoms with Crippen LogP contribution in [0.5, 0.6) is 0 Å². The third kappa shape index (κ3) is 3.53. The van der Waals surface area contributed by atoms with Crippen LogP contribution in [0.4, 0.5) is 0 Å². The zero-order chi connectivity index (χ0) is 13.7. The molecule has 1 fully saturated rings. The van der Waals surface area contributed by atoms with Gasteiger partial charge in [-0.15, -0.1) is 0 Å². The van der Waals surface area contributed by atoms with E-state index in [9.17, 15) is 4.79 Å². The molecule has 0 saturated carbocycles. The molecule has 0 aliphatic carbocycles. The molecule has 1 amide bonds. The number of nitrogens with zero attached hydrogens (tertiary/aromatic N) is 1. The highest BCUT2D eigenvalue weighted by Gasteiger charge is 2.25. The molecular formula is C14H20N2O3. The van der Waals surface area contributed by atoms with Crippen molar-refractivity contribution in [3.63, 3.8) is 0 Å². The molecule has 0 bridgehead atoms. The Morgan fingerprint density at radius 3 is 2.74 bits per heavy atom. The van der Waals surface area contributed by atoms with Crippen molar-refractivity contribution in [2.24, 2.45) is 5.73 Å². The van der Waals surface area contributed by atoms with Gasteiger partial charge in [-0.3, -0.25) is 4.79 Å². The predicted molar refractivity (Wildman–Crippen MR) is 71.4 cm³/mol. The van der Waals surface area contributed by atoms with Gasteiger partial charge >= 0.3 is 0 Å². The lowest BCUT2D eigenvalue weighted by Crippen LogP contribution is -2.43. The Balaban J connectivity index is 1.99. The first-order valence-corrected chi connectivity index (χ1v) is 6.43. The van der Waals surface area contributed by atoms with Crippen LogP contribution in [0.15, 0.2) is 24.3 Å². The second-order valence-corrected chi connectivity index (χ2v) is 4.60. The number of hydrogen-bond acceptors (Lipinski definition) is 4. The van der Waals surface area contributed by atoms with Gasteiger partial charge in [-0.2, -0.15) is 0 Å². The average Bonchev–Trinajstić information content (AvgIpc) is 2.48. The molecular weight excluding hydrogens is 244 g/mol. The molecule has 5 heteroatoms. The highest BCUT2D eigenvalue weighted by Crippen LogP contribution is 2.12. The molecule has 0 aromatic heterocycles. The highest BCUT2D eigenvalue weighted by molar-refractivity contribution is 5.81. The molecule has 1 aliphatic heterocycles. The number of hydrogen-bond donors (Lipinski definition) is 1. The largest absolute Gasteiger partial charge is 0.376 e. The van der Waals surface area contributed by atoms with E-state index in [0.717, 1.165) is 11.1 Å². The van der Waals surface area contributed by atoms with E-state index in [4.69, 9.17) is 15.2 Å². The first kappa shape index (κ1) is 14.0. The van der Waals surface area contributed by atoms with Crippen LogP contribution in [0.1, 0.15) is 11.1 Å². The Kier molecular flexibility index (Phi) is 4.90. The maximum Gasteiger partial charge on any atom is 0.254 e. The van der Waals surface area contributed by atoms with Gasteiger partial charge in [0.1, 0.15) is 0 Å². The van der Waals surface area contributed by atoms with Gasteiger partial charge in [0.25, 0.3) is 5.91 Å². The normalized spacial score (nSPS) is 19.2. The van der Waals surface area contributed by atoms with E-state index in [0.29, 0.717) is 32.9 Å². The zero-order valence-electron chi connectivity index (χ0n) is 11.2. The molecule has 2 rings (SSSR count). The molecule has 1 aromatic carbocycles. The molecule has 2 N–H and O–H groups in total. The standard InChI is InChI=1S/C14H20N2O3/c1-16(14(17)13-10-18-6-7-19-13)9-12-5-3-2-4-11(12)8-15/h2-5,13H,6-10,15H2,1H3. The zero-order valence-corrected chi connectivity index (χ0v) is 11.2. The summed E-state index contributed by atoms with van der Waals surface area (Å²) in [5.74, 6) is -0.0495. The van der Waals surface area contributed by atoms with E-state index in [-0.39, 0.29) is 5.91 Å². The highest BCUT2D eigenvalue weighted by atomic mass is 16.6. The number of rotatable bonds is 4. The van der Waals surface area contributed by atoms with Crippen molar-refractivity contribution in [2.75, 3.05) is 26.9 Å². The Morgan fingerprint density at radius 2 is 2.11 bits per heavy atom. The molecule has 104 valence electrons. The summed E-state index contributed by atoms with van der Waals surface area (Å²) in [5.41, 5.74) is 7.82. The van der Waals surface area contributed by atoms with Crippen molar-refractivity contribution < 1.29 is 14.3 Å². The molecule has 1 atom stereocenters. The predicted octanol–water partition coefficient (Wildman–Crippen LogP) is 0.519.